The zero-order valence-corrected chi connectivity index (χ0v) is 18.9. The molecule has 0 spiro atoms. The quantitative estimate of drug-likeness (QED) is 0.276. The smallest absolute Gasteiger partial charge is 0.227 e. The molecular weight excluding hydrogens is 418 g/mol. The van der Waals surface area contributed by atoms with E-state index in [0.717, 1.165) is 44.5 Å². The molecular formula is C30H21N3O. The van der Waals surface area contributed by atoms with E-state index < -0.39 is 0 Å². The molecule has 0 bridgehead atoms. The first-order valence-corrected chi connectivity index (χ1v) is 11.4. The third-order valence-corrected chi connectivity index (χ3v) is 6.70. The standard InChI is InChI=1S/C30H21N3O/c1-18-8-5-9-19(2)27(18)33-26-17-21-11-4-3-10-20(21)16-25(26)32-29(33)24-13-6-12-22-23-14-7-15-31-30(23)34-28(22)24/h3-17H,1-2H3. The first-order valence-electron chi connectivity index (χ1n) is 11.4. The van der Waals surface area contributed by atoms with Crippen molar-refractivity contribution < 1.29 is 4.42 Å². The number of nitrogens with zero attached hydrogens (tertiary/aromatic N) is 3. The van der Waals surface area contributed by atoms with Gasteiger partial charge in [-0.3, -0.25) is 4.57 Å². The maximum atomic E-state index is 6.30. The number of benzene rings is 4. The molecule has 0 aliphatic heterocycles. The third kappa shape index (κ3) is 2.66. The second-order valence-corrected chi connectivity index (χ2v) is 8.84. The highest BCUT2D eigenvalue weighted by atomic mass is 16.3. The van der Waals surface area contributed by atoms with Gasteiger partial charge in [0.15, 0.2) is 0 Å². The maximum Gasteiger partial charge on any atom is 0.227 e. The predicted molar refractivity (Wildman–Crippen MR) is 139 cm³/mol. The summed E-state index contributed by atoms with van der Waals surface area (Å²) in [6.07, 6.45) is 1.77. The lowest BCUT2D eigenvalue weighted by molar-refractivity contribution is 0.654. The summed E-state index contributed by atoms with van der Waals surface area (Å²) in [5.74, 6) is 0.868. The molecule has 0 amide bonds. The summed E-state index contributed by atoms with van der Waals surface area (Å²) in [5.41, 5.74) is 8.01. The van der Waals surface area contributed by atoms with E-state index in [-0.39, 0.29) is 0 Å². The lowest BCUT2D eigenvalue weighted by Crippen LogP contribution is -2.02. The zero-order chi connectivity index (χ0) is 22.8. The van der Waals surface area contributed by atoms with Crippen LogP contribution >= 0.6 is 0 Å². The molecule has 3 aromatic heterocycles. The molecule has 0 saturated heterocycles. The van der Waals surface area contributed by atoms with Crippen molar-refractivity contribution >= 4 is 43.9 Å². The Hall–Kier alpha value is -4.44. The fourth-order valence-electron chi connectivity index (χ4n) is 5.14. The van der Waals surface area contributed by atoms with Crippen LogP contribution < -0.4 is 0 Å². The Balaban J connectivity index is 1.65. The van der Waals surface area contributed by atoms with Crippen molar-refractivity contribution in [2.24, 2.45) is 0 Å². The first-order chi connectivity index (χ1) is 16.7. The molecule has 0 radical (unpaired) electrons. The van der Waals surface area contributed by atoms with Crippen LogP contribution in [0.1, 0.15) is 11.1 Å². The van der Waals surface area contributed by atoms with Gasteiger partial charge in [-0.2, -0.15) is 0 Å². The van der Waals surface area contributed by atoms with Crippen LogP contribution in [0, 0.1) is 13.8 Å². The minimum atomic E-state index is 0.644. The number of pyridine rings is 1. The van der Waals surface area contributed by atoms with Gasteiger partial charge in [0.2, 0.25) is 5.71 Å². The van der Waals surface area contributed by atoms with Crippen molar-refractivity contribution in [1.82, 2.24) is 14.5 Å². The predicted octanol–water partition coefficient (Wildman–Crippen LogP) is 7.76. The molecule has 0 fully saturated rings. The van der Waals surface area contributed by atoms with Crippen LogP contribution in [0.2, 0.25) is 0 Å². The summed E-state index contributed by atoms with van der Waals surface area (Å²) >= 11 is 0. The van der Waals surface area contributed by atoms with Crippen molar-refractivity contribution in [3.63, 3.8) is 0 Å². The number of imidazole rings is 1. The highest BCUT2D eigenvalue weighted by Gasteiger charge is 2.21. The van der Waals surface area contributed by atoms with Gasteiger partial charge in [-0.05, 0) is 66.1 Å². The second-order valence-electron chi connectivity index (χ2n) is 8.84. The maximum absolute atomic E-state index is 6.30. The van der Waals surface area contributed by atoms with Gasteiger partial charge < -0.3 is 4.42 Å². The number of aryl methyl sites for hydroxylation is 2. The molecule has 0 N–H and O–H groups in total. The molecule has 7 rings (SSSR count). The normalized spacial score (nSPS) is 11.8. The van der Waals surface area contributed by atoms with Crippen LogP contribution in [0.4, 0.5) is 0 Å². The topological polar surface area (TPSA) is 43.9 Å². The summed E-state index contributed by atoms with van der Waals surface area (Å²) in [7, 11) is 0. The number of fused-ring (bicyclic) bond motifs is 5. The highest BCUT2D eigenvalue weighted by Crippen LogP contribution is 2.39. The number of para-hydroxylation sites is 2. The summed E-state index contributed by atoms with van der Waals surface area (Å²) in [6.45, 7) is 4.31. The average molecular weight is 440 g/mol. The molecule has 162 valence electrons. The molecule has 0 unspecified atom stereocenters. The van der Waals surface area contributed by atoms with Crippen molar-refractivity contribution in [2.75, 3.05) is 0 Å². The summed E-state index contributed by atoms with van der Waals surface area (Å²) < 4.78 is 8.59. The molecule has 4 heteroatoms. The van der Waals surface area contributed by atoms with Crippen LogP contribution in [-0.4, -0.2) is 14.5 Å². The Morgan fingerprint density at radius 2 is 1.47 bits per heavy atom. The molecule has 0 saturated carbocycles. The van der Waals surface area contributed by atoms with Crippen molar-refractivity contribution in [3.05, 3.63) is 102 Å². The van der Waals surface area contributed by atoms with Gasteiger partial charge in [0.1, 0.15) is 11.4 Å². The van der Waals surface area contributed by atoms with Gasteiger partial charge in [0.25, 0.3) is 0 Å². The van der Waals surface area contributed by atoms with Gasteiger partial charge in [-0.15, -0.1) is 0 Å². The molecule has 4 aromatic carbocycles. The van der Waals surface area contributed by atoms with Gasteiger partial charge in [-0.25, -0.2) is 9.97 Å². The molecule has 0 aliphatic carbocycles. The van der Waals surface area contributed by atoms with E-state index in [1.54, 1.807) is 6.20 Å². The van der Waals surface area contributed by atoms with Crippen molar-refractivity contribution in [1.29, 1.82) is 0 Å². The molecule has 34 heavy (non-hydrogen) atoms. The largest absolute Gasteiger partial charge is 0.437 e. The monoisotopic (exact) mass is 439 g/mol. The third-order valence-electron chi connectivity index (χ3n) is 6.70. The SMILES string of the molecule is Cc1cccc(C)c1-n1c(-c2cccc3c2oc2ncccc23)nc2cc3ccccc3cc21. The fraction of sp³-hybridized carbons (Fsp3) is 0.0667. The lowest BCUT2D eigenvalue weighted by Gasteiger charge is -2.15. The van der Waals surface area contributed by atoms with Crippen LogP contribution in [0.5, 0.6) is 0 Å². The number of rotatable bonds is 2. The number of aromatic nitrogens is 3. The Bertz CT molecular complexity index is 1870. The van der Waals surface area contributed by atoms with Crippen LogP contribution in [0.25, 0.3) is 61.0 Å². The van der Waals surface area contributed by atoms with E-state index in [1.807, 2.05) is 6.07 Å². The number of furan rings is 1. The Kier molecular flexibility index (Phi) is 3.94. The molecule has 0 atom stereocenters. The second kappa shape index (κ2) is 7.03. The number of hydrogen-bond acceptors (Lipinski definition) is 3. The molecule has 0 aliphatic rings. The average Bonchev–Trinajstić information content (AvgIpc) is 3.41. The van der Waals surface area contributed by atoms with E-state index in [4.69, 9.17) is 9.40 Å². The van der Waals surface area contributed by atoms with Crippen LogP contribution in [0.3, 0.4) is 0 Å². The summed E-state index contributed by atoms with van der Waals surface area (Å²) in [6, 6.07) is 29.5. The van der Waals surface area contributed by atoms with E-state index in [1.165, 1.54) is 21.9 Å². The molecule has 4 nitrogen and oxygen atoms in total. The van der Waals surface area contributed by atoms with Gasteiger partial charge in [0.05, 0.1) is 22.3 Å². The minimum Gasteiger partial charge on any atom is -0.437 e. The van der Waals surface area contributed by atoms with Crippen molar-refractivity contribution in [2.45, 2.75) is 13.8 Å². The van der Waals surface area contributed by atoms with Gasteiger partial charge in [0, 0.05) is 17.0 Å². The van der Waals surface area contributed by atoms with Crippen LogP contribution in [-0.2, 0) is 0 Å². The molecule has 3 heterocycles. The summed E-state index contributed by atoms with van der Waals surface area (Å²) in [5, 5.41) is 4.43. The van der Waals surface area contributed by atoms with Crippen molar-refractivity contribution in [3.8, 4) is 17.1 Å². The Labute approximate surface area is 196 Å². The first kappa shape index (κ1) is 19.1. The Morgan fingerprint density at radius 3 is 2.29 bits per heavy atom. The van der Waals surface area contributed by atoms with E-state index in [9.17, 15) is 0 Å². The van der Waals surface area contributed by atoms with E-state index >= 15 is 0 Å². The van der Waals surface area contributed by atoms with Gasteiger partial charge in [-0.1, -0.05) is 54.6 Å². The fourth-order valence-corrected chi connectivity index (χ4v) is 5.14. The lowest BCUT2D eigenvalue weighted by atomic mass is 10.1. The zero-order valence-electron chi connectivity index (χ0n) is 18.9. The Morgan fingerprint density at radius 1 is 0.735 bits per heavy atom. The highest BCUT2D eigenvalue weighted by molar-refractivity contribution is 6.09. The molecule has 7 aromatic rings. The van der Waals surface area contributed by atoms with E-state index in [2.05, 4.69) is 102 Å². The minimum absolute atomic E-state index is 0.644. The van der Waals surface area contributed by atoms with Crippen LogP contribution in [0.15, 0.2) is 95.5 Å². The number of hydrogen-bond donors (Lipinski definition) is 0. The summed E-state index contributed by atoms with van der Waals surface area (Å²) in [4.78, 5) is 9.64. The van der Waals surface area contributed by atoms with Gasteiger partial charge >= 0.3 is 0 Å². The van der Waals surface area contributed by atoms with E-state index in [0.29, 0.717) is 5.71 Å².